The number of carboxylic acid groups (broad SMARTS) is 1. The molecule has 0 spiro atoms. The van der Waals surface area contributed by atoms with Crippen LogP contribution in [-0.4, -0.2) is 57.3 Å². The number of likely N-dealkylation sites (tertiary alicyclic amines) is 1. The van der Waals surface area contributed by atoms with Crippen LogP contribution in [-0.2, 0) is 20.9 Å². The number of benzene rings is 2. The molecule has 4 N–H and O–H groups in total. The number of nitrogens with zero attached hydrogens (tertiary/aromatic N) is 1. The Bertz CT molecular complexity index is 1040. The number of carbonyl (C=O) groups is 3. The smallest absolute Gasteiger partial charge is 0.327 e. The number of methoxy groups -OCH3 is 1. The second-order valence-electron chi connectivity index (χ2n) is 7.71. The number of aliphatic hydroxyl groups excluding tert-OH is 1. The van der Waals surface area contributed by atoms with Crippen LogP contribution in [0, 0.1) is 11.8 Å². The predicted molar refractivity (Wildman–Crippen MR) is 107 cm³/mol. The number of amides is 2. The highest BCUT2D eigenvalue weighted by Crippen LogP contribution is 2.51. The lowest BCUT2D eigenvalue weighted by Crippen LogP contribution is -2.58. The Balaban J connectivity index is 1.81. The van der Waals surface area contributed by atoms with E-state index in [2.05, 4.69) is 5.32 Å². The summed E-state index contributed by atoms with van der Waals surface area (Å²) in [6.45, 7) is -0.910. The Hall–Kier alpha value is -3.43. The lowest BCUT2D eigenvalue weighted by atomic mass is 9.79. The number of hydrogen-bond donors (Lipinski definition) is 4. The summed E-state index contributed by atoms with van der Waals surface area (Å²) in [5, 5.41) is 33.4. The Morgan fingerprint density at radius 3 is 2.45 bits per heavy atom. The molecule has 2 aliphatic rings. The largest absolute Gasteiger partial charge is 0.504 e. The maximum Gasteiger partial charge on any atom is 0.327 e. The van der Waals surface area contributed by atoms with Gasteiger partial charge in [0.1, 0.15) is 0 Å². The van der Waals surface area contributed by atoms with Crippen molar-refractivity contribution in [1.82, 2.24) is 10.2 Å². The van der Waals surface area contributed by atoms with Gasteiger partial charge in [-0.2, -0.15) is 0 Å². The molecule has 31 heavy (non-hydrogen) atoms. The van der Waals surface area contributed by atoms with Crippen LogP contribution in [0.4, 0.5) is 0 Å². The zero-order valence-electron chi connectivity index (χ0n) is 16.7. The number of fused-ring (bicyclic) bond motifs is 1. The van der Waals surface area contributed by atoms with Gasteiger partial charge < -0.3 is 20.1 Å². The van der Waals surface area contributed by atoms with Gasteiger partial charge in [0.15, 0.2) is 17.0 Å². The number of imide groups is 1. The number of carboxylic acids is 1. The van der Waals surface area contributed by atoms with E-state index in [9.17, 15) is 29.7 Å². The van der Waals surface area contributed by atoms with Gasteiger partial charge in [-0.3, -0.25) is 24.6 Å². The number of phenols is 1. The van der Waals surface area contributed by atoms with Gasteiger partial charge in [-0.15, -0.1) is 0 Å². The van der Waals surface area contributed by atoms with E-state index >= 15 is 0 Å². The van der Waals surface area contributed by atoms with Crippen LogP contribution in [0.3, 0.4) is 0 Å². The molecule has 0 bridgehead atoms. The van der Waals surface area contributed by atoms with Gasteiger partial charge in [-0.25, -0.2) is 0 Å². The maximum atomic E-state index is 13.4. The molecule has 2 saturated heterocycles. The standard InChI is InChI=1S/C22H22N2O7/c1-31-14-9-5-8-13(18(14)26)17-15-16(22(11-25,23-17)21(29)30)20(28)24(19(15)27)10-12-6-3-2-4-7-12/h2-9,15-17,23,25-26H,10-11H2,1H3,(H,29,30). The van der Waals surface area contributed by atoms with Crippen LogP contribution >= 0.6 is 0 Å². The average Bonchev–Trinajstić information content (AvgIpc) is 3.25. The number of aliphatic hydroxyl groups is 1. The first-order valence-electron chi connectivity index (χ1n) is 9.72. The third-order valence-corrected chi connectivity index (χ3v) is 6.15. The van der Waals surface area contributed by atoms with Crippen molar-refractivity contribution in [1.29, 1.82) is 0 Å². The van der Waals surface area contributed by atoms with Gasteiger partial charge >= 0.3 is 5.97 Å². The SMILES string of the molecule is COc1cccc(C2NC(CO)(C(=O)O)C3C(=O)N(Cc4ccccc4)C(=O)C23)c1O. The highest BCUT2D eigenvalue weighted by molar-refractivity contribution is 6.09. The van der Waals surface area contributed by atoms with Crippen LogP contribution in [0.15, 0.2) is 48.5 Å². The highest BCUT2D eigenvalue weighted by Gasteiger charge is 2.68. The lowest BCUT2D eigenvalue weighted by Gasteiger charge is -2.29. The molecule has 4 unspecified atom stereocenters. The second-order valence-corrected chi connectivity index (χ2v) is 7.71. The van der Waals surface area contributed by atoms with Crippen molar-refractivity contribution < 1.29 is 34.4 Å². The summed E-state index contributed by atoms with van der Waals surface area (Å²) in [4.78, 5) is 39.9. The van der Waals surface area contributed by atoms with Gasteiger partial charge in [0.05, 0.1) is 32.1 Å². The monoisotopic (exact) mass is 426 g/mol. The molecule has 0 saturated carbocycles. The van der Waals surface area contributed by atoms with Crippen LogP contribution in [0.2, 0.25) is 0 Å². The third-order valence-electron chi connectivity index (χ3n) is 6.15. The molecule has 9 heteroatoms. The fourth-order valence-corrected chi connectivity index (χ4v) is 4.62. The molecule has 4 rings (SSSR count). The van der Waals surface area contributed by atoms with E-state index in [1.54, 1.807) is 36.4 Å². The Morgan fingerprint density at radius 1 is 1.13 bits per heavy atom. The average molecular weight is 426 g/mol. The minimum atomic E-state index is -2.07. The van der Waals surface area contributed by atoms with E-state index in [4.69, 9.17) is 4.74 Å². The van der Waals surface area contributed by atoms with E-state index in [-0.39, 0.29) is 23.6 Å². The summed E-state index contributed by atoms with van der Waals surface area (Å²) in [6, 6.07) is 12.5. The van der Waals surface area contributed by atoms with Crippen molar-refractivity contribution in [2.75, 3.05) is 13.7 Å². The molecule has 2 heterocycles. The predicted octanol–water partition coefficient (Wildman–Crippen LogP) is 0.662. The maximum absolute atomic E-state index is 13.4. The number of aliphatic carboxylic acids is 1. The van der Waals surface area contributed by atoms with Crippen LogP contribution in [0.5, 0.6) is 11.5 Å². The first-order chi connectivity index (χ1) is 14.9. The minimum absolute atomic E-state index is 0.0105. The number of rotatable bonds is 6. The van der Waals surface area contributed by atoms with E-state index in [0.29, 0.717) is 5.56 Å². The minimum Gasteiger partial charge on any atom is -0.504 e. The molecule has 4 atom stereocenters. The molecule has 2 aliphatic heterocycles. The normalized spacial score (nSPS) is 27.4. The summed E-state index contributed by atoms with van der Waals surface area (Å²) in [5.74, 6) is -5.24. The molecule has 9 nitrogen and oxygen atoms in total. The van der Waals surface area contributed by atoms with Crippen LogP contribution in [0.25, 0.3) is 0 Å². The summed E-state index contributed by atoms with van der Waals surface area (Å²) in [7, 11) is 1.37. The molecule has 0 aromatic heterocycles. The quantitative estimate of drug-likeness (QED) is 0.495. The van der Waals surface area contributed by atoms with Gasteiger partial charge in [0, 0.05) is 11.6 Å². The van der Waals surface area contributed by atoms with Crippen molar-refractivity contribution in [3.63, 3.8) is 0 Å². The van der Waals surface area contributed by atoms with Crippen molar-refractivity contribution in [2.24, 2.45) is 11.8 Å². The van der Waals surface area contributed by atoms with Gasteiger partial charge in [-0.1, -0.05) is 42.5 Å². The first kappa shape index (κ1) is 20.8. The van der Waals surface area contributed by atoms with Crippen LogP contribution < -0.4 is 10.1 Å². The summed E-state index contributed by atoms with van der Waals surface area (Å²) < 4.78 is 5.12. The van der Waals surface area contributed by atoms with Crippen molar-refractivity contribution in [3.05, 3.63) is 59.7 Å². The fourth-order valence-electron chi connectivity index (χ4n) is 4.62. The number of aromatic hydroxyl groups is 1. The lowest BCUT2D eigenvalue weighted by molar-refractivity contribution is -0.153. The van der Waals surface area contributed by atoms with Gasteiger partial charge in [-0.05, 0) is 11.6 Å². The second kappa shape index (κ2) is 7.68. The fraction of sp³-hybridized carbons (Fsp3) is 0.318. The molecule has 2 aromatic rings. The number of nitrogens with one attached hydrogen (secondary N) is 1. The number of ether oxygens (including phenoxy) is 1. The summed E-state index contributed by atoms with van der Waals surface area (Å²) in [5.41, 5.74) is -1.14. The van der Waals surface area contributed by atoms with E-state index in [1.807, 2.05) is 0 Å². The van der Waals surface area contributed by atoms with E-state index in [0.717, 1.165) is 4.90 Å². The molecule has 2 aromatic carbocycles. The molecule has 0 radical (unpaired) electrons. The molecule has 2 amide bonds. The van der Waals surface area contributed by atoms with Gasteiger partial charge in [0.2, 0.25) is 11.8 Å². The van der Waals surface area contributed by atoms with Crippen molar-refractivity contribution in [2.45, 2.75) is 18.1 Å². The first-order valence-corrected chi connectivity index (χ1v) is 9.72. The molecular weight excluding hydrogens is 404 g/mol. The summed E-state index contributed by atoms with van der Waals surface area (Å²) in [6.07, 6.45) is 0. The number of phenolic OH excluding ortho intramolecular Hbond substituents is 1. The Morgan fingerprint density at radius 2 is 1.84 bits per heavy atom. The Kier molecular flexibility index (Phi) is 5.16. The molecule has 162 valence electrons. The van der Waals surface area contributed by atoms with E-state index < -0.39 is 47.8 Å². The van der Waals surface area contributed by atoms with Gasteiger partial charge in [0.25, 0.3) is 0 Å². The Labute approximate surface area is 177 Å². The summed E-state index contributed by atoms with van der Waals surface area (Å²) >= 11 is 0. The van der Waals surface area contributed by atoms with Crippen molar-refractivity contribution in [3.8, 4) is 11.5 Å². The van der Waals surface area contributed by atoms with Crippen LogP contribution in [0.1, 0.15) is 17.2 Å². The number of hydrogen-bond acceptors (Lipinski definition) is 7. The molecule has 2 fully saturated rings. The third kappa shape index (κ3) is 3.05. The topological polar surface area (TPSA) is 136 Å². The highest BCUT2D eigenvalue weighted by atomic mass is 16.5. The van der Waals surface area contributed by atoms with E-state index in [1.165, 1.54) is 19.2 Å². The van der Waals surface area contributed by atoms with Crippen molar-refractivity contribution >= 4 is 17.8 Å². The molecular formula is C22H22N2O7. The molecule has 0 aliphatic carbocycles. The number of carbonyl (C=O) groups excluding carboxylic acids is 2. The zero-order chi connectivity index (χ0) is 22.3. The number of para-hydroxylation sites is 1. The zero-order valence-corrected chi connectivity index (χ0v) is 16.7.